The molecule has 2 aromatic heterocycles. The van der Waals surface area contributed by atoms with Crippen molar-refractivity contribution in [2.45, 2.75) is 19.4 Å². The minimum atomic E-state index is 0.655. The third kappa shape index (κ3) is 4.66. The first kappa shape index (κ1) is 20.2. The van der Waals surface area contributed by atoms with Crippen molar-refractivity contribution in [1.29, 1.82) is 0 Å². The van der Waals surface area contributed by atoms with Gasteiger partial charge in [-0.25, -0.2) is 9.97 Å². The summed E-state index contributed by atoms with van der Waals surface area (Å²) >= 11 is 6.37. The van der Waals surface area contributed by atoms with Gasteiger partial charge in [-0.2, -0.15) is 0 Å². The monoisotopic (exact) mass is 434 g/mol. The van der Waals surface area contributed by atoms with Crippen LogP contribution in [0.25, 0.3) is 22.3 Å². The molecule has 0 unspecified atom stereocenters. The summed E-state index contributed by atoms with van der Waals surface area (Å²) in [5, 5.41) is 8.75. The Labute approximate surface area is 187 Å². The van der Waals surface area contributed by atoms with Crippen LogP contribution in [0, 0.1) is 0 Å². The third-order valence-electron chi connectivity index (χ3n) is 5.95. The second-order valence-electron chi connectivity index (χ2n) is 8.12. The Bertz CT molecular complexity index is 1110. The van der Waals surface area contributed by atoms with Gasteiger partial charge in [0.1, 0.15) is 17.8 Å². The zero-order chi connectivity index (χ0) is 21.0. The van der Waals surface area contributed by atoms with Gasteiger partial charge >= 0.3 is 0 Å². The van der Waals surface area contributed by atoms with Crippen LogP contribution in [0.4, 0.5) is 5.82 Å². The van der Waals surface area contributed by atoms with E-state index in [4.69, 9.17) is 11.6 Å². The van der Waals surface area contributed by atoms with E-state index < -0.39 is 0 Å². The van der Waals surface area contributed by atoms with Crippen molar-refractivity contribution in [3.05, 3.63) is 65.0 Å². The molecule has 1 aromatic carbocycles. The Kier molecular flexibility index (Phi) is 6.02. The van der Waals surface area contributed by atoms with E-state index in [1.54, 1.807) is 6.33 Å². The lowest BCUT2D eigenvalue weighted by Gasteiger charge is -2.27. The molecule has 0 atom stereocenters. The number of benzene rings is 1. The van der Waals surface area contributed by atoms with Crippen LogP contribution in [-0.2, 0) is 6.54 Å². The van der Waals surface area contributed by atoms with E-state index in [0.29, 0.717) is 6.54 Å². The van der Waals surface area contributed by atoms with Crippen LogP contribution in [0.1, 0.15) is 18.4 Å². The Morgan fingerprint density at radius 3 is 2.74 bits per heavy atom. The topological polar surface area (TPSA) is 68.9 Å². The number of nitrogens with zero attached hydrogens (tertiary/aromatic N) is 3. The van der Waals surface area contributed by atoms with Gasteiger partial charge in [0, 0.05) is 50.0 Å². The highest BCUT2D eigenvalue weighted by atomic mass is 35.5. The summed E-state index contributed by atoms with van der Waals surface area (Å²) in [6.07, 6.45) is 7.77. The van der Waals surface area contributed by atoms with E-state index in [-0.39, 0.29) is 0 Å². The number of nitrogens with one attached hydrogen (secondary N) is 3. The van der Waals surface area contributed by atoms with Crippen molar-refractivity contribution in [3.8, 4) is 11.3 Å². The van der Waals surface area contributed by atoms with Gasteiger partial charge in [0.15, 0.2) is 0 Å². The van der Waals surface area contributed by atoms with Gasteiger partial charge in [-0.1, -0.05) is 48.0 Å². The fraction of sp³-hybridized carbons (Fsp3) is 0.333. The molecule has 0 bridgehead atoms. The van der Waals surface area contributed by atoms with Crippen molar-refractivity contribution < 1.29 is 0 Å². The zero-order valence-electron chi connectivity index (χ0n) is 17.5. The van der Waals surface area contributed by atoms with Gasteiger partial charge in [0.05, 0.1) is 5.39 Å². The number of aromatic nitrogens is 3. The molecule has 7 heteroatoms. The quantitative estimate of drug-likeness (QED) is 0.540. The summed E-state index contributed by atoms with van der Waals surface area (Å²) in [5.41, 5.74) is 5.48. The van der Waals surface area contributed by atoms with E-state index in [0.717, 1.165) is 84.3 Å². The molecule has 1 aliphatic carbocycles. The molecule has 0 spiro atoms. The first-order valence-corrected chi connectivity index (χ1v) is 11.3. The Morgan fingerprint density at radius 2 is 1.94 bits per heavy atom. The number of hydrogen-bond acceptors (Lipinski definition) is 5. The predicted molar refractivity (Wildman–Crippen MR) is 127 cm³/mol. The Balaban J connectivity index is 1.32. The predicted octanol–water partition coefficient (Wildman–Crippen LogP) is 4.28. The molecule has 31 heavy (non-hydrogen) atoms. The van der Waals surface area contributed by atoms with Gasteiger partial charge in [-0.3, -0.25) is 4.90 Å². The van der Waals surface area contributed by atoms with E-state index >= 15 is 0 Å². The van der Waals surface area contributed by atoms with Gasteiger partial charge in [-0.05, 0) is 35.6 Å². The average molecular weight is 435 g/mol. The molecule has 160 valence electrons. The molecular weight excluding hydrogens is 408 g/mol. The molecule has 2 aliphatic rings. The van der Waals surface area contributed by atoms with Gasteiger partial charge < -0.3 is 15.6 Å². The van der Waals surface area contributed by atoms with E-state index in [1.165, 1.54) is 5.56 Å². The number of hydrogen-bond donors (Lipinski definition) is 3. The lowest BCUT2D eigenvalue weighted by molar-refractivity contribution is 0.233. The molecule has 6 nitrogen and oxygen atoms in total. The van der Waals surface area contributed by atoms with E-state index in [9.17, 15) is 0 Å². The fourth-order valence-corrected chi connectivity index (χ4v) is 4.41. The van der Waals surface area contributed by atoms with Crippen molar-refractivity contribution in [1.82, 2.24) is 25.2 Å². The molecule has 3 heterocycles. The fourth-order valence-electron chi connectivity index (χ4n) is 4.17. The maximum atomic E-state index is 6.37. The molecule has 0 saturated carbocycles. The highest BCUT2D eigenvalue weighted by Gasteiger charge is 2.13. The number of allylic oxidation sites excluding steroid dienone is 2. The normalized spacial score (nSPS) is 17.5. The van der Waals surface area contributed by atoms with Crippen molar-refractivity contribution in [2.24, 2.45) is 0 Å². The largest absolute Gasteiger partial charge is 0.365 e. The first-order valence-electron chi connectivity index (χ1n) is 10.9. The summed E-state index contributed by atoms with van der Waals surface area (Å²) < 4.78 is 0. The number of piperazine rings is 1. The smallest absolute Gasteiger partial charge is 0.143 e. The maximum absolute atomic E-state index is 6.37. The van der Waals surface area contributed by atoms with Gasteiger partial charge in [0.2, 0.25) is 0 Å². The second-order valence-corrected chi connectivity index (χ2v) is 8.57. The zero-order valence-corrected chi connectivity index (χ0v) is 18.3. The SMILES string of the molecule is ClC1=C(CNc2ncnc3[nH]c(-c4ccc(CN5CCNCC5)cc4)cc23)C=CCC1. The van der Waals surface area contributed by atoms with Gasteiger partial charge in [-0.15, -0.1) is 0 Å². The standard InChI is InChI=1S/C24H27ClN6/c25-21-4-2-1-3-19(21)14-27-23-20-13-22(30-24(20)29-16-28-23)18-7-5-17(6-8-18)15-31-11-9-26-10-12-31/h1,3,5-8,13,16,26H,2,4,9-12,14-15H2,(H2,27,28,29,30). The van der Waals surface area contributed by atoms with Crippen LogP contribution in [0.5, 0.6) is 0 Å². The van der Waals surface area contributed by atoms with Crippen molar-refractivity contribution in [3.63, 3.8) is 0 Å². The van der Waals surface area contributed by atoms with Crippen LogP contribution < -0.4 is 10.6 Å². The summed E-state index contributed by atoms with van der Waals surface area (Å²) in [6, 6.07) is 10.9. The number of fused-ring (bicyclic) bond motifs is 1. The van der Waals surface area contributed by atoms with E-state index in [1.807, 2.05) is 0 Å². The third-order valence-corrected chi connectivity index (χ3v) is 6.38. The molecule has 1 saturated heterocycles. The molecule has 1 fully saturated rings. The second kappa shape index (κ2) is 9.22. The molecular formula is C24H27ClN6. The average Bonchev–Trinajstić information content (AvgIpc) is 3.25. The summed E-state index contributed by atoms with van der Waals surface area (Å²) in [5.74, 6) is 0.818. The molecule has 1 aliphatic heterocycles. The number of anilines is 1. The maximum Gasteiger partial charge on any atom is 0.143 e. The molecule has 0 radical (unpaired) electrons. The summed E-state index contributed by atoms with van der Waals surface area (Å²) in [7, 11) is 0. The molecule has 3 N–H and O–H groups in total. The van der Waals surface area contributed by atoms with Gasteiger partial charge in [0.25, 0.3) is 0 Å². The Hall–Kier alpha value is -2.67. The first-order chi connectivity index (χ1) is 15.3. The van der Waals surface area contributed by atoms with Crippen LogP contribution in [0.3, 0.4) is 0 Å². The van der Waals surface area contributed by atoms with Crippen LogP contribution in [0.2, 0.25) is 0 Å². The number of H-pyrrole nitrogens is 1. The molecule has 0 amide bonds. The number of aromatic amines is 1. The molecule has 3 aromatic rings. The highest BCUT2D eigenvalue weighted by molar-refractivity contribution is 6.30. The van der Waals surface area contributed by atoms with Crippen molar-refractivity contribution >= 4 is 28.5 Å². The van der Waals surface area contributed by atoms with Crippen LogP contribution in [0.15, 0.2) is 59.4 Å². The Morgan fingerprint density at radius 1 is 1.10 bits per heavy atom. The lowest BCUT2D eigenvalue weighted by atomic mass is 10.1. The summed E-state index contributed by atoms with van der Waals surface area (Å²) in [4.78, 5) is 14.8. The van der Waals surface area contributed by atoms with E-state index in [2.05, 4.69) is 73.0 Å². The minimum absolute atomic E-state index is 0.655. The van der Waals surface area contributed by atoms with Crippen LogP contribution in [-0.4, -0.2) is 52.6 Å². The number of halogens is 1. The highest BCUT2D eigenvalue weighted by Crippen LogP contribution is 2.28. The van der Waals surface area contributed by atoms with Crippen LogP contribution >= 0.6 is 11.6 Å². The van der Waals surface area contributed by atoms with Crippen molar-refractivity contribution in [2.75, 3.05) is 38.0 Å². The summed E-state index contributed by atoms with van der Waals surface area (Å²) in [6.45, 7) is 6.02. The molecule has 5 rings (SSSR count). The number of rotatable bonds is 6. The minimum Gasteiger partial charge on any atom is -0.365 e. The lowest BCUT2D eigenvalue weighted by Crippen LogP contribution is -2.42.